The average molecular weight is 369 g/mol. The standard InChI is InChI=1S/C16H14F3N3O2S/c1-2-10-5-7-11(8-6-10)13(23)21-22-14(24)12-4-3-9-20-15(12)25-16(17,18)19/h3-9H,2H2,1H3,(H,21,23)(H,22,24). The molecule has 2 amide bonds. The van der Waals surface area contributed by atoms with Gasteiger partial charge in [-0.2, -0.15) is 13.2 Å². The number of amides is 2. The number of benzene rings is 1. The van der Waals surface area contributed by atoms with Crippen LogP contribution < -0.4 is 10.9 Å². The lowest BCUT2D eigenvalue weighted by Crippen LogP contribution is -2.41. The van der Waals surface area contributed by atoms with E-state index in [0.717, 1.165) is 18.2 Å². The van der Waals surface area contributed by atoms with E-state index >= 15 is 0 Å². The van der Waals surface area contributed by atoms with Crippen LogP contribution in [0, 0.1) is 0 Å². The van der Waals surface area contributed by atoms with Crippen LogP contribution in [0.15, 0.2) is 47.6 Å². The predicted molar refractivity (Wildman–Crippen MR) is 86.9 cm³/mol. The summed E-state index contributed by atoms with van der Waals surface area (Å²) in [6, 6.07) is 9.26. The molecule has 0 saturated heterocycles. The second-order valence-corrected chi connectivity index (χ2v) is 5.92. The third-order valence-electron chi connectivity index (χ3n) is 3.14. The molecule has 1 aromatic carbocycles. The first-order valence-electron chi connectivity index (χ1n) is 7.20. The van der Waals surface area contributed by atoms with E-state index in [1.165, 1.54) is 12.1 Å². The first-order chi connectivity index (χ1) is 11.8. The van der Waals surface area contributed by atoms with Gasteiger partial charge in [-0.25, -0.2) is 4.98 Å². The van der Waals surface area contributed by atoms with Crippen LogP contribution in [-0.4, -0.2) is 22.3 Å². The van der Waals surface area contributed by atoms with Gasteiger partial charge in [0, 0.05) is 23.5 Å². The molecule has 1 aromatic heterocycles. The molecule has 0 aliphatic heterocycles. The number of thioether (sulfide) groups is 1. The van der Waals surface area contributed by atoms with Crippen molar-refractivity contribution in [3.8, 4) is 0 Å². The molecule has 0 unspecified atom stereocenters. The summed E-state index contributed by atoms with van der Waals surface area (Å²) in [7, 11) is 0. The number of rotatable bonds is 4. The number of carbonyl (C=O) groups is 2. The molecule has 0 fully saturated rings. The number of halogens is 3. The highest BCUT2D eigenvalue weighted by atomic mass is 32.2. The van der Waals surface area contributed by atoms with Crippen LogP contribution >= 0.6 is 11.8 Å². The van der Waals surface area contributed by atoms with Crippen LogP contribution in [0.3, 0.4) is 0 Å². The van der Waals surface area contributed by atoms with Crippen molar-refractivity contribution in [3.05, 3.63) is 59.3 Å². The summed E-state index contributed by atoms with van der Waals surface area (Å²) in [6.45, 7) is 1.97. The first-order valence-corrected chi connectivity index (χ1v) is 8.02. The molecule has 2 aromatic rings. The fourth-order valence-corrected chi connectivity index (χ4v) is 2.50. The zero-order valence-electron chi connectivity index (χ0n) is 13.1. The highest BCUT2D eigenvalue weighted by Crippen LogP contribution is 2.37. The number of nitrogens with one attached hydrogen (secondary N) is 2. The Morgan fingerprint density at radius 3 is 2.32 bits per heavy atom. The molecule has 2 N–H and O–H groups in total. The van der Waals surface area contributed by atoms with Gasteiger partial charge in [0.05, 0.1) is 5.56 Å². The summed E-state index contributed by atoms with van der Waals surface area (Å²) >= 11 is -0.494. The fourth-order valence-electron chi connectivity index (χ4n) is 1.90. The summed E-state index contributed by atoms with van der Waals surface area (Å²) in [4.78, 5) is 27.6. The molecule has 0 aliphatic carbocycles. The molecule has 5 nitrogen and oxygen atoms in total. The maximum atomic E-state index is 12.5. The summed E-state index contributed by atoms with van der Waals surface area (Å²) < 4.78 is 37.5. The van der Waals surface area contributed by atoms with E-state index in [4.69, 9.17) is 0 Å². The number of carbonyl (C=O) groups excluding carboxylic acids is 2. The maximum Gasteiger partial charge on any atom is 0.447 e. The molecule has 0 bridgehead atoms. The van der Waals surface area contributed by atoms with Gasteiger partial charge < -0.3 is 0 Å². The van der Waals surface area contributed by atoms with E-state index in [0.29, 0.717) is 5.56 Å². The minimum atomic E-state index is -4.58. The third-order valence-corrected chi connectivity index (χ3v) is 3.89. The zero-order chi connectivity index (χ0) is 18.4. The monoisotopic (exact) mass is 369 g/mol. The van der Waals surface area contributed by atoms with Gasteiger partial charge in [0.25, 0.3) is 11.8 Å². The number of aromatic nitrogens is 1. The second-order valence-electron chi connectivity index (χ2n) is 4.86. The second kappa shape index (κ2) is 8.02. The average Bonchev–Trinajstić information content (AvgIpc) is 2.58. The lowest BCUT2D eigenvalue weighted by Gasteiger charge is -2.11. The Balaban J connectivity index is 2.03. The summed E-state index contributed by atoms with van der Waals surface area (Å²) in [5.41, 5.74) is 0.759. The van der Waals surface area contributed by atoms with E-state index in [-0.39, 0.29) is 5.56 Å². The highest BCUT2D eigenvalue weighted by molar-refractivity contribution is 8.00. The van der Waals surface area contributed by atoms with Crippen LogP contribution in [0.2, 0.25) is 0 Å². The van der Waals surface area contributed by atoms with Crippen molar-refractivity contribution >= 4 is 23.6 Å². The Morgan fingerprint density at radius 2 is 1.72 bits per heavy atom. The van der Waals surface area contributed by atoms with Crippen LogP contribution in [0.4, 0.5) is 13.2 Å². The molecule has 1 heterocycles. The number of hydrazine groups is 1. The van der Waals surface area contributed by atoms with E-state index in [1.54, 1.807) is 24.3 Å². The minimum absolute atomic E-state index is 0.286. The molecule has 25 heavy (non-hydrogen) atoms. The lowest BCUT2D eigenvalue weighted by molar-refractivity contribution is -0.0329. The quantitative estimate of drug-likeness (QED) is 0.641. The molecule has 0 atom stereocenters. The molecule has 132 valence electrons. The maximum absolute atomic E-state index is 12.5. The van der Waals surface area contributed by atoms with Crippen LogP contribution in [0.1, 0.15) is 33.2 Å². The summed E-state index contributed by atoms with van der Waals surface area (Å²) in [5.74, 6) is -1.47. The minimum Gasteiger partial charge on any atom is -0.267 e. The van der Waals surface area contributed by atoms with E-state index in [1.807, 2.05) is 6.92 Å². The van der Waals surface area contributed by atoms with Gasteiger partial charge in [0.15, 0.2) is 0 Å². The number of alkyl halides is 3. The number of hydrogen-bond acceptors (Lipinski definition) is 4. The van der Waals surface area contributed by atoms with Gasteiger partial charge in [-0.15, -0.1) is 0 Å². The molecule has 2 rings (SSSR count). The number of aryl methyl sites for hydroxylation is 1. The van der Waals surface area contributed by atoms with Gasteiger partial charge in [0.1, 0.15) is 5.03 Å². The van der Waals surface area contributed by atoms with Crippen molar-refractivity contribution in [3.63, 3.8) is 0 Å². The van der Waals surface area contributed by atoms with Crippen molar-refractivity contribution < 1.29 is 22.8 Å². The first kappa shape index (κ1) is 18.8. The summed E-state index contributed by atoms with van der Waals surface area (Å²) in [5, 5.41) is -0.492. The molecule has 9 heteroatoms. The Kier molecular flexibility index (Phi) is 6.02. The Morgan fingerprint density at radius 1 is 1.08 bits per heavy atom. The Labute approximate surface area is 146 Å². The van der Waals surface area contributed by atoms with Crippen molar-refractivity contribution in [1.82, 2.24) is 15.8 Å². The van der Waals surface area contributed by atoms with Gasteiger partial charge >= 0.3 is 5.51 Å². The Bertz CT molecular complexity index is 764. The predicted octanol–water partition coefficient (Wildman–Crippen LogP) is 3.33. The van der Waals surface area contributed by atoms with Gasteiger partial charge in [-0.05, 0) is 36.2 Å². The largest absolute Gasteiger partial charge is 0.447 e. The van der Waals surface area contributed by atoms with E-state index < -0.39 is 34.1 Å². The third kappa shape index (κ3) is 5.49. The molecule has 0 spiro atoms. The number of nitrogens with zero attached hydrogens (tertiary/aromatic N) is 1. The normalized spacial score (nSPS) is 11.0. The number of pyridine rings is 1. The molecule has 0 radical (unpaired) electrons. The SMILES string of the molecule is CCc1ccc(C(=O)NNC(=O)c2cccnc2SC(F)(F)F)cc1. The van der Waals surface area contributed by atoms with E-state index in [9.17, 15) is 22.8 Å². The zero-order valence-corrected chi connectivity index (χ0v) is 13.9. The van der Waals surface area contributed by atoms with Crippen molar-refractivity contribution in [1.29, 1.82) is 0 Å². The van der Waals surface area contributed by atoms with Crippen molar-refractivity contribution in [2.75, 3.05) is 0 Å². The van der Waals surface area contributed by atoms with Crippen molar-refractivity contribution in [2.24, 2.45) is 0 Å². The van der Waals surface area contributed by atoms with Gasteiger partial charge in [-0.1, -0.05) is 19.1 Å². The van der Waals surface area contributed by atoms with Crippen LogP contribution in [-0.2, 0) is 6.42 Å². The summed E-state index contributed by atoms with van der Waals surface area (Å²) in [6.07, 6.45) is 1.97. The van der Waals surface area contributed by atoms with Crippen molar-refractivity contribution in [2.45, 2.75) is 23.9 Å². The van der Waals surface area contributed by atoms with Gasteiger partial charge in [0.2, 0.25) is 0 Å². The number of hydrogen-bond donors (Lipinski definition) is 2. The lowest BCUT2D eigenvalue weighted by atomic mass is 10.1. The highest BCUT2D eigenvalue weighted by Gasteiger charge is 2.32. The van der Waals surface area contributed by atoms with E-state index in [2.05, 4.69) is 15.8 Å². The van der Waals surface area contributed by atoms with Crippen LogP contribution in [0.25, 0.3) is 0 Å². The van der Waals surface area contributed by atoms with Crippen LogP contribution in [0.5, 0.6) is 0 Å². The molecular weight excluding hydrogens is 355 g/mol. The molecular formula is C16H14F3N3O2S. The smallest absolute Gasteiger partial charge is 0.267 e. The fraction of sp³-hybridized carbons (Fsp3) is 0.188. The Hall–Kier alpha value is -2.55. The molecule has 0 aliphatic rings. The topological polar surface area (TPSA) is 71.1 Å². The molecule has 0 saturated carbocycles. The van der Waals surface area contributed by atoms with Gasteiger partial charge in [-0.3, -0.25) is 20.4 Å².